The first kappa shape index (κ1) is 30.6. The van der Waals surface area contributed by atoms with Crippen LogP contribution in [0.5, 0.6) is 0 Å². The van der Waals surface area contributed by atoms with E-state index in [4.69, 9.17) is 0 Å². The fourth-order valence-electron chi connectivity index (χ4n) is 12.0. The fraction of sp³-hybridized carbons (Fsp3) is 1.00. The number of rotatable bonds is 0. The Labute approximate surface area is 270 Å². The first-order valence-corrected chi connectivity index (χ1v) is 20.4. The Kier molecular flexibility index (Phi) is 9.55. The fourth-order valence-corrected chi connectivity index (χ4v) is 12.0. The van der Waals surface area contributed by atoms with E-state index >= 15 is 0 Å². The molecule has 9 aliphatic rings. The Morgan fingerprint density at radius 2 is 0.442 bits per heavy atom. The number of hydrogen-bond acceptors (Lipinski definition) is 9. The zero-order chi connectivity index (χ0) is 28.9. The second-order valence-corrected chi connectivity index (χ2v) is 17.7. The maximum atomic E-state index is 4.44. The van der Waals surface area contributed by atoms with Crippen LogP contribution in [-0.4, -0.2) is 75.4 Å². The average molecular weight is 656 g/mol. The van der Waals surface area contributed by atoms with Crippen molar-refractivity contribution in [2.24, 2.45) is 47.3 Å². The van der Waals surface area contributed by atoms with Gasteiger partial charge in [-0.25, -0.2) is 0 Å². The van der Waals surface area contributed by atoms with E-state index in [1.165, 1.54) is 103 Å². The van der Waals surface area contributed by atoms with Gasteiger partial charge in [-0.15, -0.1) is 0 Å². The molecule has 5 heterocycles. The van der Waals surface area contributed by atoms with E-state index < -0.39 is 0 Å². The molecule has 8 atom stereocenters. The molecule has 0 aromatic heterocycles. The van der Waals surface area contributed by atoms with Crippen molar-refractivity contribution in [2.75, 3.05) is 7.11 Å². The molecular weight excluding hydrogens is 594 g/mol. The predicted octanol–water partition coefficient (Wildman–Crippen LogP) is 1.79. The van der Waals surface area contributed by atoms with Gasteiger partial charge in [0.2, 0.25) is 0 Å². The molecule has 0 aromatic rings. The molecule has 4 saturated carbocycles. The van der Waals surface area contributed by atoms with E-state index in [2.05, 4.69) is 46.1 Å². The van der Waals surface area contributed by atoms with Gasteiger partial charge in [-0.05, 0) is 98.7 Å². The first-order chi connectivity index (χ1) is 21.2. The molecule has 5 saturated heterocycles. The summed E-state index contributed by atoms with van der Waals surface area (Å²) in [5, 5.41) is 33.8. The average Bonchev–Trinajstić information content (AvgIpc) is 3.77. The van der Waals surface area contributed by atoms with Crippen molar-refractivity contribution >= 4 is 19.0 Å². The molecule has 0 amide bonds. The van der Waals surface area contributed by atoms with Crippen LogP contribution in [0.15, 0.2) is 0 Å². The Morgan fingerprint density at radius 3 is 0.558 bits per heavy atom. The Bertz CT molecular complexity index is 739. The normalized spacial score (nSPS) is 54.0. The second kappa shape index (κ2) is 13.4. The molecule has 0 radical (unpaired) electrons. The van der Waals surface area contributed by atoms with Crippen LogP contribution in [0, 0.1) is 47.3 Å². The first-order valence-electron chi connectivity index (χ1n) is 18.7. The van der Waals surface area contributed by atoms with E-state index in [1.54, 1.807) is 7.11 Å². The molecule has 43 heavy (non-hydrogen) atoms. The second-order valence-electron chi connectivity index (χ2n) is 16.0. The number of fused-ring (bicyclic) bond motifs is 20. The minimum atomic E-state index is 0.420. The van der Waals surface area contributed by atoms with Gasteiger partial charge in [0.05, 0.1) is 49.3 Å². The van der Waals surface area contributed by atoms with Gasteiger partial charge >= 0.3 is 29.6 Å². The van der Waals surface area contributed by atoms with E-state index in [1.807, 2.05) is 0 Å². The Hall–Kier alpha value is 0.276. The molecule has 0 spiro atoms. The molecule has 8 N–H and O–H groups in total. The molecule has 8 bridgehead atoms. The predicted molar refractivity (Wildman–Crippen MR) is 173 cm³/mol. The topological polar surface area (TPSA) is 105 Å². The molecule has 9 nitrogen and oxygen atoms in total. The van der Waals surface area contributed by atoms with E-state index in [-0.39, 0.29) is 0 Å². The molecule has 0 aromatic carbocycles. The summed E-state index contributed by atoms with van der Waals surface area (Å²) in [4.78, 5) is 0. The maximum absolute atomic E-state index is 4.44. The third-order valence-corrected chi connectivity index (χ3v) is 13.8. The summed E-state index contributed by atoms with van der Waals surface area (Å²) in [6, 6.07) is 0. The van der Waals surface area contributed by atoms with E-state index in [0.29, 0.717) is 68.3 Å². The SMILES string of the molecule is C1CCC2C3NC(NC4NC(NC5NC(NC6NC(N3)C3CCCCC63)C3CCCCC53)C3CCCCC43)C2C1.C[O][GaH2]. The van der Waals surface area contributed by atoms with Crippen LogP contribution in [0.3, 0.4) is 0 Å². The van der Waals surface area contributed by atoms with Crippen LogP contribution in [-0.2, 0) is 3.53 Å². The van der Waals surface area contributed by atoms with Gasteiger partial charge in [-0.3, -0.25) is 42.5 Å². The molecule has 242 valence electrons. The summed E-state index contributed by atoms with van der Waals surface area (Å²) in [6.07, 6.45) is 25.6. The summed E-state index contributed by atoms with van der Waals surface area (Å²) in [6.45, 7) is 0. The molecule has 9 rings (SSSR count). The molecule has 9 fully saturated rings. The van der Waals surface area contributed by atoms with Crippen LogP contribution in [0.1, 0.15) is 103 Å². The van der Waals surface area contributed by atoms with Crippen LogP contribution < -0.4 is 42.5 Å². The molecule has 8 unspecified atom stereocenters. The van der Waals surface area contributed by atoms with Crippen molar-refractivity contribution in [3.05, 3.63) is 0 Å². The summed E-state index contributed by atoms with van der Waals surface area (Å²) in [5.41, 5.74) is 0. The van der Waals surface area contributed by atoms with Gasteiger partial charge in [-0.2, -0.15) is 0 Å². The molecule has 4 aliphatic carbocycles. The van der Waals surface area contributed by atoms with Crippen molar-refractivity contribution in [3.8, 4) is 0 Å². The third kappa shape index (κ3) is 5.85. The summed E-state index contributed by atoms with van der Waals surface area (Å²) >= 11 is 0.604. The zero-order valence-electron chi connectivity index (χ0n) is 27.0. The van der Waals surface area contributed by atoms with Crippen LogP contribution in [0.2, 0.25) is 0 Å². The van der Waals surface area contributed by atoms with Crippen molar-refractivity contribution in [3.63, 3.8) is 0 Å². The summed E-state index contributed by atoms with van der Waals surface area (Å²) in [7, 11) is 1.71. The molecule has 10 heteroatoms. The van der Waals surface area contributed by atoms with Crippen molar-refractivity contribution in [1.82, 2.24) is 42.5 Å². The van der Waals surface area contributed by atoms with Gasteiger partial charge in [0, 0.05) is 0 Å². The van der Waals surface area contributed by atoms with Gasteiger partial charge < -0.3 is 0 Å². The van der Waals surface area contributed by atoms with Crippen LogP contribution in [0.25, 0.3) is 0 Å². The van der Waals surface area contributed by atoms with Gasteiger partial charge in [0.15, 0.2) is 0 Å². The zero-order valence-corrected chi connectivity index (χ0v) is 31.2. The Morgan fingerprint density at radius 1 is 0.326 bits per heavy atom. The summed E-state index contributed by atoms with van der Waals surface area (Å²) in [5.74, 6) is 5.97. The van der Waals surface area contributed by atoms with Crippen LogP contribution >= 0.6 is 0 Å². The van der Waals surface area contributed by atoms with E-state index in [9.17, 15) is 0 Å². The Balaban J connectivity index is 0.000000892. The van der Waals surface area contributed by atoms with Gasteiger partial charge in [0.1, 0.15) is 0 Å². The van der Waals surface area contributed by atoms with Gasteiger partial charge in [-0.1, -0.05) is 51.4 Å². The minimum absolute atomic E-state index is 0.420. The molecular formula is C33H61GaN8O. The van der Waals surface area contributed by atoms with Gasteiger partial charge in [0.25, 0.3) is 0 Å². The third-order valence-electron chi connectivity index (χ3n) is 13.8. The van der Waals surface area contributed by atoms with Crippen molar-refractivity contribution < 1.29 is 3.53 Å². The van der Waals surface area contributed by atoms with Crippen molar-refractivity contribution in [2.45, 2.75) is 152 Å². The van der Waals surface area contributed by atoms with Crippen LogP contribution in [0.4, 0.5) is 0 Å². The number of nitrogens with one attached hydrogen (secondary N) is 8. The standard InChI is InChI=1S/C32H56N8.CH3O.Ga.2H/c1-2-10-18-17(9-1)25-33-26(18)38-28-21-13-5-6-14-22(21)30(35-28)40-32-24-16-8-7-15-23(24)31(36-32)39-29-20-12-4-3-11-19(20)27(34-29)37-25;1-2;;;/h17-40H,1-16H2;1H3;;;/q;-1;+1;;. The van der Waals surface area contributed by atoms with E-state index in [0.717, 1.165) is 47.3 Å². The summed E-state index contributed by atoms with van der Waals surface area (Å²) < 4.78 is 4.44. The quantitative estimate of drug-likeness (QED) is 0.186. The number of hydrogen-bond donors (Lipinski definition) is 8. The van der Waals surface area contributed by atoms with Crippen molar-refractivity contribution in [1.29, 1.82) is 0 Å². The monoisotopic (exact) mass is 654 g/mol. The molecule has 5 aliphatic heterocycles.